The van der Waals surface area contributed by atoms with E-state index in [1.807, 2.05) is 49.4 Å². The quantitative estimate of drug-likeness (QED) is 0.206. The summed E-state index contributed by atoms with van der Waals surface area (Å²) in [4.78, 5) is 18.0. The molecular weight excluding hydrogens is 561 g/mol. The van der Waals surface area contributed by atoms with E-state index in [1.54, 1.807) is 22.2 Å². The van der Waals surface area contributed by atoms with Crippen LogP contribution in [0.4, 0.5) is 13.2 Å². The summed E-state index contributed by atoms with van der Waals surface area (Å²) < 4.78 is 47.2. The Morgan fingerprint density at radius 1 is 1.00 bits per heavy atom. The molecule has 1 N–H and O–H groups in total. The number of ether oxygens (including phenoxy) is 1. The molecule has 0 aliphatic heterocycles. The molecule has 0 bridgehead atoms. The summed E-state index contributed by atoms with van der Waals surface area (Å²) in [5, 5.41) is 11.1. The zero-order valence-electron chi connectivity index (χ0n) is 22.7. The van der Waals surface area contributed by atoms with Crippen LogP contribution in [-0.2, 0) is 6.18 Å². The van der Waals surface area contributed by atoms with E-state index in [4.69, 9.17) is 4.74 Å². The third-order valence-corrected chi connectivity index (χ3v) is 8.53. The van der Waals surface area contributed by atoms with Gasteiger partial charge in [-0.15, -0.1) is 11.3 Å². The number of hydrogen-bond acceptors (Lipinski definition) is 4. The molecule has 0 unspecified atom stereocenters. The van der Waals surface area contributed by atoms with E-state index in [2.05, 4.69) is 4.98 Å². The molecule has 3 aromatic carbocycles. The Labute approximate surface area is 244 Å². The van der Waals surface area contributed by atoms with Gasteiger partial charge in [0.15, 0.2) is 0 Å². The number of carboxylic acids is 1. The predicted octanol–water partition coefficient (Wildman–Crippen LogP) is 9.27. The molecule has 214 valence electrons. The minimum absolute atomic E-state index is 0.0810. The smallest absolute Gasteiger partial charge is 0.416 e. The highest BCUT2D eigenvalue weighted by atomic mass is 32.1. The number of thiazole rings is 1. The summed E-state index contributed by atoms with van der Waals surface area (Å²) in [6, 6.07) is 17.8. The molecule has 6 rings (SSSR count). The minimum atomic E-state index is -4.43. The van der Waals surface area contributed by atoms with E-state index in [9.17, 15) is 23.1 Å². The van der Waals surface area contributed by atoms with E-state index in [0.29, 0.717) is 33.3 Å². The fourth-order valence-electron chi connectivity index (χ4n) is 5.50. The van der Waals surface area contributed by atoms with Crippen LogP contribution in [0, 0.1) is 6.92 Å². The Hall–Kier alpha value is -4.37. The number of hydrogen-bond donors (Lipinski definition) is 1. The maximum absolute atomic E-state index is 13.1. The van der Waals surface area contributed by atoms with E-state index in [0.717, 1.165) is 54.1 Å². The normalized spacial score (nSPS) is 14.3. The van der Waals surface area contributed by atoms with Crippen LogP contribution >= 0.6 is 11.3 Å². The topological polar surface area (TPSA) is 64.3 Å². The molecule has 1 aliphatic carbocycles. The molecule has 0 amide bonds. The first-order valence-corrected chi connectivity index (χ1v) is 14.5. The number of carbonyl (C=O) groups is 1. The number of aromatic nitrogens is 2. The molecule has 2 aromatic heterocycles. The largest absolute Gasteiger partial charge is 0.490 e. The molecule has 1 saturated carbocycles. The van der Waals surface area contributed by atoms with Crippen molar-refractivity contribution in [1.82, 2.24) is 9.55 Å². The monoisotopic (exact) mass is 588 g/mol. The summed E-state index contributed by atoms with van der Waals surface area (Å²) in [6.45, 7) is 1.88. The van der Waals surface area contributed by atoms with Crippen molar-refractivity contribution < 1.29 is 27.8 Å². The molecule has 0 spiro atoms. The lowest BCUT2D eigenvalue weighted by Crippen LogP contribution is -2.11. The summed E-state index contributed by atoms with van der Waals surface area (Å²) in [6.07, 6.45) is 3.78. The molecule has 0 radical (unpaired) electrons. The molecule has 0 atom stereocenters. The number of nitrogens with zero attached hydrogens (tertiary/aromatic N) is 2. The van der Waals surface area contributed by atoms with E-state index >= 15 is 0 Å². The van der Waals surface area contributed by atoms with Crippen molar-refractivity contribution in [3.05, 3.63) is 99.6 Å². The molecular formula is C33H27F3N2O3S. The SMILES string of the molecule is Cc1ncsc1C=Cc1c(C(=O)O)n(-c2ccc(OC3CCCC3)cc2)c2ccc(-c3ccc(C(F)(F)F)cc3)cc12. The van der Waals surface area contributed by atoms with Gasteiger partial charge in [-0.25, -0.2) is 9.78 Å². The van der Waals surface area contributed by atoms with Gasteiger partial charge in [0.1, 0.15) is 11.4 Å². The molecule has 42 heavy (non-hydrogen) atoms. The Kier molecular flexibility index (Phi) is 7.36. The third-order valence-electron chi connectivity index (χ3n) is 7.64. The number of benzene rings is 3. The van der Waals surface area contributed by atoms with Crippen LogP contribution in [0.2, 0.25) is 0 Å². The second kappa shape index (κ2) is 11.1. The number of fused-ring (bicyclic) bond motifs is 1. The van der Waals surface area contributed by atoms with Gasteiger partial charge >= 0.3 is 12.1 Å². The Morgan fingerprint density at radius 2 is 1.69 bits per heavy atom. The van der Waals surface area contributed by atoms with Gasteiger partial charge < -0.3 is 14.4 Å². The first-order valence-electron chi connectivity index (χ1n) is 13.6. The van der Waals surface area contributed by atoms with Crippen LogP contribution in [0.15, 0.2) is 72.2 Å². The van der Waals surface area contributed by atoms with E-state index in [1.165, 1.54) is 23.5 Å². The van der Waals surface area contributed by atoms with Crippen LogP contribution in [0.25, 0.3) is 39.9 Å². The minimum Gasteiger partial charge on any atom is -0.490 e. The molecule has 0 saturated heterocycles. The van der Waals surface area contributed by atoms with Crippen LogP contribution in [0.3, 0.4) is 0 Å². The van der Waals surface area contributed by atoms with Crippen LogP contribution in [0.5, 0.6) is 5.75 Å². The highest BCUT2D eigenvalue weighted by molar-refractivity contribution is 7.10. The Morgan fingerprint density at radius 3 is 2.31 bits per heavy atom. The van der Waals surface area contributed by atoms with Crippen molar-refractivity contribution in [3.8, 4) is 22.6 Å². The first kappa shape index (κ1) is 27.8. The average Bonchev–Trinajstić information content (AvgIpc) is 3.71. The Bertz CT molecular complexity index is 1780. The van der Waals surface area contributed by atoms with Gasteiger partial charge in [-0.2, -0.15) is 13.2 Å². The second-order valence-electron chi connectivity index (χ2n) is 10.4. The number of halogens is 3. The summed E-state index contributed by atoms with van der Waals surface area (Å²) >= 11 is 1.45. The first-order chi connectivity index (χ1) is 20.2. The van der Waals surface area contributed by atoms with Crippen LogP contribution in [-0.4, -0.2) is 26.7 Å². The van der Waals surface area contributed by atoms with Gasteiger partial charge in [0.05, 0.1) is 28.4 Å². The van der Waals surface area contributed by atoms with E-state index in [-0.39, 0.29) is 11.8 Å². The fraction of sp³-hybridized carbons (Fsp3) is 0.212. The molecule has 5 nitrogen and oxygen atoms in total. The van der Waals surface area contributed by atoms with Crippen molar-refractivity contribution in [2.24, 2.45) is 0 Å². The average molecular weight is 589 g/mol. The summed E-state index contributed by atoms with van der Waals surface area (Å²) in [5.41, 5.74) is 5.00. The number of carboxylic acid groups (broad SMARTS) is 1. The Balaban J connectivity index is 1.49. The van der Waals surface area contributed by atoms with Crippen molar-refractivity contribution in [2.75, 3.05) is 0 Å². The van der Waals surface area contributed by atoms with Crippen molar-refractivity contribution in [1.29, 1.82) is 0 Å². The maximum atomic E-state index is 13.1. The highest BCUT2D eigenvalue weighted by Crippen LogP contribution is 2.37. The lowest BCUT2D eigenvalue weighted by molar-refractivity contribution is -0.137. The summed E-state index contributed by atoms with van der Waals surface area (Å²) in [7, 11) is 0. The van der Waals surface area contributed by atoms with Crippen molar-refractivity contribution in [3.63, 3.8) is 0 Å². The zero-order valence-corrected chi connectivity index (χ0v) is 23.5. The van der Waals surface area contributed by atoms with Crippen molar-refractivity contribution in [2.45, 2.75) is 44.9 Å². The molecule has 9 heteroatoms. The van der Waals surface area contributed by atoms with Gasteiger partial charge in [-0.05, 0) is 98.3 Å². The standard InChI is InChI=1S/C33H27F3N2O3S/c1-20-30(42-19-37-20)17-15-27-28-18-22(21-6-9-23(10-7-21)33(34,35)36)8-16-29(28)38(31(27)32(39)40)24-11-13-26(14-12-24)41-25-4-2-3-5-25/h6-19,25H,2-5H2,1H3,(H,39,40). The third kappa shape index (κ3) is 5.44. The highest BCUT2D eigenvalue weighted by Gasteiger charge is 2.30. The molecule has 1 aliphatic rings. The zero-order chi connectivity index (χ0) is 29.4. The number of alkyl halides is 3. The number of aromatic carboxylic acids is 1. The lowest BCUT2D eigenvalue weighted by atomic mass is 10.0. The van der Waals surface area contributed by atoms with Crippen LogP contribution in [0.1, 0.15) is 57.9 Å². The van der Waals surface area contributed by atoms with Gasteiger partial charge in [-0.1, -0.05) is 24.3 Å². The molecule has 2 heterocycles. The number of rotatable bonds is 7. The van der Waals surface area contributed by atoms with Crippen LogP contribution < -0.4 is 4.74 Å². The lowest BCUT2D eigenvalue weighted by Gasteiger charge is -2.14. The van der Waals surface area contributed by atoms with Gasteiger partial charge in [0, 0.05) is 21.5 Å². The number of aryl methyl sites for hydroxylation is 1. The predicted molar refractivity (Wildman–Crippen MR) is 159 cm³/mol. The molecule has 5 aromatic rings. The van der Waals surface area contributed by atoms with Gasteiger partial charge in [-0.3, -0.25) is 0 Å². The maximum Gasteiger partial charge on any atom is 0.416 e. The molecule has 1 fully saturated rings. The fourth-order valence-corrected chi connectivity index (χ4v) is 6.19. The van der Waals surface area contributed by atoms with Crippen molar-refractivity contribution >= 4 is 40.4 Å². The van der Waals surface area contributed by atoms with Gasteiger partial charge in [0.25, 0.3) is 0 Å². The summed E-state index contributed by atoms with van der Waals surface area (Å²) in [5.74, 6) is -0.362. The second-order valence-corrected chi connectivity index (χ2v) is 11.2. The van der Waals surface area contributed by atoms with E-state index < -0.39 is 17.7 Å². The van der Waals surface area contributed by atoms with Gasteiger partial charge in [0.2, 0.25) is 0 Å².